The molecule has 2 aromatic rings. The first-order valence-corrected chi connectivity index (χ1v) is 10.2. The summed E-state index contributed by atoms with van der Waals surface area (Å²) >= 11 is 0. The van der Waals surface area contributed by atoms with Gasteiger partial charge in [0.1, 0.15) is 11.5 Å². The molecule has 8 heteroatoms. The van der Waals surface area contributed by atoms with Crippen LogP contribution in [0.1, 0.15) is 30.1 Å². The molecule has 0 unspecified atom stereocenters. The SMILES string of the molecule is COc1cccc(NC(=O)COc2ccc(C(=O)N3CCC(NC(C)=O)CC3)cc2)c1. The summed E-state index contributed by atoms with van der Waals surface area (Å²) in [7, 11) is 1.56. The standard InChI is InChI=1S/C23H27N3O5/c1-16(27)24-18-10-12-26(13-11-18)23(29)17-6-8-20(9-7-17)31-15-22(28)25-19-4-3-5-21(14-19)30-2/h3-9,14,18H,10-13,15H2,1-2H3,(H,24,27)(H,25,28). The molecule has 0 saturated carbocycles. The monoisotopic (exact) mass is 425 g/mol. The molecule has 0 aliphatic carbocycles. The number of nitrogens with zero attached hydrogens (tertiary/aromatic N) is 1. The van der Waals surface area contributed by atoms with Gasteiger partial charge in [-0.1, -0.05) is 6.07 Å². The van der Waals surface area contributed by atoms with Crippen molar-refractivity contribution in [1.82, 2.24) is 10.2 Å². The van der Waals surface area contributed by atoms with E-state index in [-0.39, 0.29) is 30.4 Å². The molecule has 0 spiro atoms. The van der Waals surface area contributed by atoms with Crippen LogP contribution < -0.4 is 20.1 Å². The van der Waals surface area contributed by atoms with Crippen molar-refractivity contribution in [2.45, 2.75) is 25.8 Å². The molecule has 3 rings (SSSR count). The number of benzene rings is 2. The number of likely N-dealkylation sites (tertiary alicyclic amines) is 1. The lowest BCUT2D eigenvalue weighted by Crippen LogP contribution is -2.46. The van der Waals surface area contributed by atoms with E-state index in [2.05, 4.69) is 10.6 Å². The summed E-state index contributed by atoms with van der Waals surface area (Å²) in [4.78, 5) is 37.7. The average molecular weight is 425 g/mol. The van der Waals surface area contributed by atoms with E-state index < -0.39 is 0 Å². The highest BCUT2D eigenvalue weighted by atomic mass is 16.5. The Labute approximate surface area is 181 Å². The smallest absolute Gasteiger partial charge is 0.262 e. The van der Waals surface area contributed by atoms with Gasteiger partial charge in [0.25, 0.3) is 11.8 Å². The van der Waals surface area contributed by atoms with Crippen LogP contribution >= 0.6 is 0 Å². The Morgan fingerprint density at radius 2 is 1.74 bits per heavy atom. The first kappa shape index (κ1) is 22.1. The summed E-state index contributed by atoms with van der Waals surface area (Å²) in [6.07, 6.45) is 1.49. The summed E-state index contributed by atoms with van der Waals surface area (Å²) < 4.78 is 10.6. The number of hydrogen-bond donors (Lipinski definition) is 2. The van der Waals surface area contributed by atoms with Crippen LogP contribution in [0.15, 0.2) is 48.5 Å². The molecule has 3 amide bonds. The van der Waals surface area contributed by atoms with E-state index in [1.54, 1.807) is 60.5 Å². The molecule has 8 nitrogen and oxygen atoms in total. The summed E-state index contributed by atoms with van der Waals surface area (Å²) in [5.74, 6) is 0.761. The largest absolute Gasteiger partial charge is 0.497 e. The highest BCUT2D eigenvalue weighted by Crippen LogP contribution is 2.18. The highest BCUT2D eigenvalue weighted by molar-refractivity contribution is 5.94. The lowest BCUT2D eigenvalue weighted by Gasteiger charge is -2.32. The van der Waals surface area contributed by atoms with Gasteiger partial charge in [0.05, 0.1) is 7.11 Å². The molecule has 1 saturated heterocycles. The third-order valence-corrected chi connectivity index (χ3v) is 5.01. The Balaban J connectivity index is 1.47. The molecule has 164 valence electrons. The van der Waals surface area contributed by atoms with Crippen LogP contribution in [-0.2, 0) is 9.59 Å². The predicted octanol–water partition coefficient (Wildman–Crippen LogP) is 2.45. The van der Waals surface area contributed by atoms with Gasteiger partial charge in [-0.05, 0) is 49.2 Å². The molecule has 1 aliphatic rings. The highest BCUT2D eigenvalue weighted by Gasteiger charge is 2.24. The normalized spacial score (nSPS) is 13.9. The number of ether oxygens (including phenoxy) is 2. The zero-order chi connectivity index (χ0) is 22.2. The Kier molecular flexibility index (Phi) is 7.48. The molecule has 1 aliphatic heterocycles. The van der Waals surface area contributed by atoms with Crippen molar-refractivity contribution in [3.63, 3.8) is 0 Å². The molecule has 2 N–H and O–H groups in total. The van der Waals surface area contributed by atoms with Gasteiger partial charge in [0.2, 0.25) is 5.91 Å². The molecule has 2 aromatic carbocycles. The second kappa shape index (κ2) is 10.5. The van der Waals surface area contributed by atoms with Crippen molar-refractivity contribution in [2.75, 3.05) is 32.1 Å². The van der Waals surface area contributed by atoms with E-state index in [9.17, 15) is 14.4 Å². The maximum absolute atomic E-state index is 12.7. The van der Waals surface area contributed by atoms with E-state index in [4.69, 9.17) is 9.47 Å². The number of rotatable bonds is 7. The second-order valence-corrected chi connectivity index (χ2v) is 7.36. The quantitative estimate of drug-likeness (QED) is 0.710. The number of carbonyl (C=O) groups excluding carboxylic acids is 3. The van der Waals surface area contributed by atoms with E-state index in [1.165, 1.54) is 6.92 Å². The third kappa shape index (κ3) is 6.47. The Morgan fingerprint density at radius 3 is 2.39 bits per heavy atom. The zero-order valence-corrected chi connectivity index (χ0v) is 17.7. The van der Waals surface area contributed by atoms with Crippen LogP contribution in [0.4, 0.5) is 5.69 Å². The second-order valence-electron chi connectivity index (χ2n) is 7.36. The minimum Gasteiger partial charge on any atom is -0.497 e. The zero-order valence-electron chi connectivity index (χ0n) is 17.7. The third-order valence-electron chi connectivity index (χ3n) is 5.01. The Morgan fingerprint density at radius 1 is 1.03 bits per heavy atom. The van der Waals surface area contributed by atoms with Crippen LogP contribution in [-0.4, -0.2) is 55.5 Å². The molecule has 0 bridgehead atoms. The molecule has 31 heavy (non-hydrogen) atoms. The molecular weight excluding hydrogens is 398 g/mol. The summed E-state index contributed by atoms with van der Waals surface area (Å²) in [5, 5.41) is 5.64. The Bertz CT molecular complexity index is 921. The number of methoxy groups -OCH3 is 1. The number of piperidine rings is 1. The van der Waals surface area contributed by atoms with E-state index >= 15 is 0 Å². The molecule has 1 heterocycles. The van der Waals surface area contributed by atoms with Gasteiger partial charge in [-0.15, -0.1) is 0 Å². The molecule has 0 atom stereocenters. The first-order valence-electron chi connectivity index (χ1n) is 10.2. The first-order chi connectivity index (χ1) is 14.9. The maximum Gasteiger partial charge on any atom is 0.262 e. The van der Waals surface area contributed by atoms with Crippen molar-refractivity contribution in [2.24, 2.45) is 0 Å². The number of amides is 3. The fourth-order valence-electron chi connectivity index (χ4n) is 3.44. The van der Waals surface area contributed by atoms with E-state index in [1.807, 2.05) is 0 Å². The average Bonchev–Trinajstić information content (AvgIpc) is 2.78. The van der Waals surface area contributed by atoms with E-state index in [0.717, 1.165) is 12.8 Å². The number of anilines is 1. The number of carbonyl (C=O) groups is 3. The van der Waals surface area contributed by atoms with Crippen molar-refractivity contribution < 1.29 is 23.9 Å². The van der Waals surface area contributed by atoms with E-state index in [0.29, 0.717) is 35.8 Å². The van der Waals surface area contributed by atoms with Gasteiger partial charge in [0, 0.05) is 43.4 Å². The molecule has 1 fully saturated rings. The van der Waals surface area contributed by atoms with Gasteiger partial charge in [0.15, 0.2) is 6.61 Å². The number of nitrogens with one attached hydrogen (secondary N) is 2. The summed E-state index contributed by atoms with van der Waals surface area (Å²) in [5.41, 5.74) is 1.18. The van der Waals surface area contributed by atoms with Crippen molar-refractivity contribution in [3.8, 4) is 11.5 Å². The van der Waals surface area contributed by atoms with Gasteiger partial charge in [-0.3, -0.25) is 14.4 Å². The topological polar surface area (TPSA) is 97.0 Å². The summed E-state index contributed by atoms with van der Waals surface area (Å²) in [6.45, 7) is 2.56. The van der Waals surface area contributed by atoms with Crippen LogP contribution in [0.25, 0.3) is 0 Å². The predicted molar refractivity (Wildman–Crippen MR) is 116 cm³/mol. The van der Waals surface area contributed by atoms with Gasteiger partial charge >= 0.3 is 0 Å². The molecule has 0 aromatic heterocycles. The van der Waals surface area contributed by atoms with Crippen LogP contribution in [0, 0.1) is 0 Å². The Hall–Kier alpha value is -3.55. The molecule has 0 radical (unpaired) electrons. The minimum atomic E-state index is -0.296. The summed E-state index contributed by atoms with van der Waals surface area (Å²) in [6, 6.07) is 13.9. The van der Waals surface area contributed by atoms with Crippen LogP contribution in [0.2, 0.25) is 0 Å². The molecular formula is C23H27N3O5. The fourth-order valence-corrected chi connectivity index (χ4v) is 3.44. The van der Waals surface area contributed by atoms with Crippen LogP contribution in [0.5, 0.6) is 11.5 Å². The number of hydrogen-bond acceptors (Lipinski definition) is 5. The van der Waals surface area contributed by atoms with Crippen molar-refractivity contribution in [1.29, 1.82) is 0 Å². The van der Waals surface area contributed by atoms with Gasteiger partial charge in [-0.25, -0.2) is 0 Å². The maximum atomic E-state index is 12.7. The van der Waals surface area contributed by atoms with Crippen molar-refractivity contribution in [3.05, 3.63) is 54.1 Å². The van der Waals surface area contributed by atoms with Gasteiger partial charge in [-0.2, -0.15) is 0 Å². The van der Waals surface area contributed by atoms with Gasteiger partial charge < -0.3 is 25.0 Å². The minimum absolute atomic E-state index is 0.0439. The lowest BCUT2D eigenvalue weighted by molar-refractivity contribution is -0.120. The van der Waals surface area contributed by atoms with Crippen molar-refractivity contribution >= 4 is 23.4 Å². The fraction of sp³-hybridized carbons (Fsp3) is 0.348. The van der Waals surface area contributed by atoms with Crippen LogP contribution in [0.3, 0.4) is 0 Å². The lowest BCUT2D eigenvalue weighted by atomic mass is 10.0.